The van der Waals surface area contributed by atoms with Gasteiger partial charge in [-0.05, 0) is 38.0 Å². The maximum Gasteiger partial charge on any atom is 1.00 e. The minimum Gasteiger partial charge on any atom is -0.550 e. The van der Waals surface area contributed by atoms with Gasteiger partial charge in [0.1, 0.15) is 0 Å². The molecule has 0 saturated heterocycles. The number of allylic oxidation sites excluding steroid dienone is 1. The van der Waals surface area contributed by atoms with Gasteiger partial charge in [0, 0.05) is 12.4 Å². The fraction of sp³-hybridized carbons (Fsp3) is 0.842. The number of carboxylic acid groups (broad SMARTS) is 1. The van der Waals surface area contributed by atoms with Crippen molar-refractivity contribution in [2.24, 2.45) is 5.92 Å². The molecular formula is C19H33NaO4. The summed E-state index contributed by atoms with van der Waals surface area (Å²) in [4.78, 5) is 10.7. The number of rotatable bonds is 11. The van der Waals surface area contributed by atoms with Gasteiger partial charge in [-0.1, -0.05) is 57.6 Å². The Bertz CT molecular complexity index is 372. The third kappa shape index (κ3) is 10.9. The number of aliphatic carboxylic acids is 1. The van der Waals surface area contributed by atoms with Gasteiger partial charge in [-0.2, -0.15) is 0 Å². The van der Waals surface area contributed by atoms with E-state index in [2.05, 4.69) is 6.92 Å². The molecule has 0 radical (unpaired) electrons. The Kier molecular flexibility index (Phi) is 13.4. The van der Waals surface area contributed by atoms with E-state index in [9.17, 15) is 20.1 Å². The Balaban J connectivity index is 0.00000529. The molecule has 3 atom stereocenters. The first kappa shape index (κ1) is 24.1. The maximum atomic E-state index is 10.7. The van der Waals surface area contributed by atoms with E-state index in [1.807, 2.05) is 12.2 Å². The van der Waals surface area contributed by atoms with E-state index in [0.29, 0.717) is 12.8 Å². The fourth-order valence-corrected chi connectivity index (χ4v) is 3.49. The van der Waals surface area contributed by atoms with Crippen molar-refractivity contribution >= 4 is 5.97 Å². The summed E-state index contributed by atoms with van der Waals surface area (Å²) < 4.78 is 0. The van der Waals surface area contributed by atoms with Gasteiger partial charge in [-0.15, -0.1) is 0 Å². The summed E-state index contributed by atoms with van der Waals surface area (Å²) in [5.41, 5.74) is -1.14. The van der Waals surface area contributed by atoms with Crippen LogP contribution in [0, 0.1) is 5.92 Å². The Hall–Kier alpha value is 0.130. The largest absolute Gasteiger partial charge is 1.00 e. The topological polar surface area (TPSA) is 80.6 Å². The van der Waals surface area contributed by atoms with Crippen LogP contribution >= 0.6 is 0 Å². The van der Waals surface area contributed by atoms with E-state index >= 15 is 0 Å². The third-order valence-electron chi connectivity index (χ3n) is 4.79. The zero-order chi connectivity index (χ0) is 17.1. The van der Waals surface area contributed by atoms with E-state index in [1.165, 1.54) is 32.1 Å². The minimum atomic E-state index is -1.19. The smallest absolute Gasteiger partial charge is 0.550 e. The molecule has 0 heterocycles. The summed E-state index contributed by atoms with van der Waals surface area (Å²) in [5.74, 6) is -1.05. The molecule has 24 heavy (non-hydrogen) atoms. The van der Waals surface area contributed by atoms with Crippen molar-refractivity contribution in [3.05, 3.63) is 12.2 Å². The Labute approximate surface area is 169 Å². The molecule has 0 aromatic carbocycles. The summed E-state index contributed by atoms with van der Waals surface area (Å²) in [7, 11) is 0. The molecule has 5 heteroatoms. The molecule has 0 aliphatic heterocycles. The molecule has 0 bridgehead atoms. The monoisotopic (exact) mass is 348 g/mol. The van der Waals surface area contributed by atoms with Crippen LogP contribution in [0.5, 0.6) is 0 Å². The summed E-state index contributed by atoms with van der Waals surface area (Å²) in [6.07, 6.45) is 13.8. The quantitative estimate of drug-likeness (QED) is 0.306. The number of carbonyl (C=O) groups is 1. The SMILES string of the molecule is CCCCCCCCC(O)/C=C/[C@H]1CCC[C@](O)(CC(=O)[O-])C1.[Na+]. The third-order valence-corrected chi connectivity index (χ3v) is 4.79. The Morgan fingerprint density at radius 3 is 2.62 bits per heavy atom. The van der Waals surface area contributed by atoms with Crippen LogP contribution in [0.15, 0.2) is 12.2 Å². The first-order valence-corrected chi connectivity index (χ1v) is 9.24. The van der Waals surface area contributed by atoms with Crippen molar-refractivity contribution in [1.82, 2.24) is 0 Å². The van der Waals surface area contributed by atoms with E-state index in [-0.39, 0.29) is 41.9 Å². The van der Waals surface area contributed by atoms with Crippen LogP contribution < -0.4 is 34.7 Å². The first-order valence-electron chi connectivity index (χ1n) is 9.24. The number of carbonyl (C=O) groups excluding carboxylic acids is 1. The molecule has 0 spiro atoms. The van der Waals surface area contributed by atoms with Crippen LogP contribution in [0.3, 0.4) is 0 Å². The molecule has 1 rings (SSSR count). The molecule has 2 N–H and O–H groups in total. The molecule has 1 aliphatic rings. The van der Waals surface area contributed by atoms with Crippen LogP contribution in [-0.2, 0) is 4.79 Å². The first-order chi connectivity index (χ1) is 10.9. The van der Waals surface area contributed by atoms with Crippen molar-refractivity contribution in [2.45, 2.75) is 95.7 Å². The van der Waals surface area contributed by atoms with Crippen LogP contribution in [-0.4, -0.2) is 27.9 Å². The molecule has 0 amide bonds. The van der Waals surface area contributed by atoms with Gasteiger partial charge in [0.25, 0.3) is 0 Å². The van der Waals surface area contributed by atoms with Crippen molar-refractivity contribution in [3.63, 3.8) is 0 Å². The van der Waals surface area contributed by atoms with Gasteiger partial charge in [0.15, 0.2) is 0 Å². The molecule has 1 fully saturated rings. The molecular weight excluding hydrogens is 315 g/mol. The van der Waals surface area contributed by atoms with Gasteiger partial charge >= 0.3 is 29.6 Å². The molecule has 1 aliphatic carbocycles. The van der Waals surface area contributed by atoms with Crippen LogP contribution in [0.25, 0.3) is 0 Å². The molecule has 0 aromatic rings. The minimum absolute atomic E-state index is 0. The molecule has 1 saturated carbocycles. The van der Waals surface area contributed by atoms with Gasteiger partial charge in [0.05, 0.1) is 11.7 Å². The van der Waals surface area contributed by atoms with Gasteiger partial charge in [-0.25, -0.2) is 0 Å². The number of unbranched alkanes of at least 4 members (excludes halogenated alkanes) is 5. The number of hydrogen-bond donors (Lipinski definition) is 2. The zero-order valence-electron chi connectivity index (χ0n) is 15.5. The van der Waals surface area contributed by atoms with Crippen molar-refractivity contribution in [1.29, 1.82) is 0 Å². The summed E-state index contributed by atoms with van der Waals surface area (Å²) in [5, 5.41) is 31.0. The van der Waals surface area contributed by atoms with E-state index < -0.39 is 17.7 Å². The molecule has 134 valence electrons. The van der Waals surface area contributed by atoms with Crippen molar-refractivity contribution in [2.75, 3.05) is 0 Å². The van der Waals surface area contributed by atoms with Gasteiger partial charge in [-0.3, -0.25) is 0 Å². The van der Waals surface area contributed by atoms with Gasteiger partial charge in [0.2, 0.25) is 0 Å². The summed E-state index contributed by atoms with van der Waals surface area (Å²) >= 11 is 0. The normalized spacial score (nSPS) is 25.4. The summed E-state index contributed by atoms with van der Waals surface area (Å²) in [6, 6.07) is 0. The fourth-order valence-electron chi connectivity index (χ4n) is 3.49. The number of aliphatic hydroxyl groups excluding tert-OH is 1. The molecule has 1 unspecified atom stereocenters. The predicted molar refractivity (Wildman–Crippen MR) is 89.7 cm³/mol. The number of carboxylic acids is 1. The Morgan fingerprint density at radius 2 is 1.96 bits per heavy atom. The maximum absolute atomic E-state index is 10.7. The standard InChI is InChI=1S/C19H34O4.Na/c1-2-3-4-5-6-7-10-17(20)12-11-16-9-8-13-19(23,14-16)15-18(21)22;/h11-12,16-17,20,23H,2-10,13-15H2,1H3,(H,21,22);/q;+1/p-1/b12-11+;/t16-,17?,19-;/m1./s1. The summed E-state index contributed by atoms with van der Waals surface area (Å²) in [6.45, 7) is 2.20. The van der Waals surface area contributed by atoms with E-state index in [4.69, 9.17) is 0 Å². The van der Waals surface area contributed by atoms with Crippen LogP contribution in [0.4, 0.5) is 0 Å². The van der Waals surface area contributed by atoms with E-state index in [0.717, 1.165) is 25.7 Å². The second-order valence-corrected chi connectivity index (χ2v) is 7.14. The van der Waals surface area contributed by atoms with Crippen molar-refractivity contribution < 1.29 is 49.7 Å². The van der Waals surface area contributed by atoms with Crippen LogP contribution in [0.1, 0.15) is 84.0 Å². The Morgan fingerprint density at radius 1 is 1.29 bits per heavy atom. The van der Waals surface area contributed by atoms with E-state index in [1.54, 1.807) is 0 Å². The zero-order valence-corrected chi connectivity index (χ0v) is 17.5. The van der Waals surface area contributed by atoms with Gasteiger partial charge < -0.3 is 20.1 Å². The second kappa shape index (κ2) is 13.3. The second-order valence-electron chi connectivity index (χ2n) is 7.14. The predicted octanol–water partition coefficient (Wildman–Crippen LogP) is -0.281. The van der Waals surface area contributed by atoms with Crippen LogP contribution in [0.2, 0.25) is 0 Å². The van der Waals surface area contributed by atoms with Crippen molar-refractivity contribution in [3.8, 4) is 0 Å². The number of aliphatic hydroxyl groups is 2. The molecule has 4 nitrogen and oxygen atoms in total. The molecule has 0 aromatic heterocycles. The number of hydrogen-bond acceptors (Lipinski definition) is 4. The average Bonchev–Trinajstić information content (AvgIpc) is 2.47. The average molecular weight is 348 g/mol.